The van der Waals surface area contributed by atoms with Crippen LogP contribution in [0.3, 0.4) is 0 Å². The van der Waals surface area contributed by atoms with Gasteiger partial charge in [-0.05, 0) is 55.5 Å². The predicted octanol–water partition coefficient (Wildman–Crippen LogP) is 3.35. The third kappa shape index (κ3) is 3.07. The van der Waals surface area contributed by atoms with Gasteiger partial charge in [-0.3, -0.25) is 9.59 Å². The van der Waals surface area contributed by atoms with Crippen LogP contribution in [-0.4, -0.2) is 25.0 Å². The molecule has 1 aliphatic carbocycles. The molecule has 138 valence electrons. The quantitative estimate of drug-likeness (QED) is 0.827. The van der Waals surface area contributed by atoms with Crippen molar-refractivity contribution in [2.75, 3.05) is 12.0 Å². The van der Waals surface area contributed by atoms with Gasteiger partial charge in [0.05, 0.1) is 12.5 Å². The largest absolute Gasteiger partial charge is 0.468 e. The number of ether oxygens (including phenoxy) is 1. The zero-order valence-corrected chi connectivity index (χ0v) is 15.8. The number of carbonyl (C=O) groups excluding carboxylic acids is 2. The van der Waals surface area contributed by atoms with Gasteiger partial charge in [0.15, 0.2) is 0 Å². The number of benzene rings is 1. The molecule has 1 aromatic rings. The fourth-order valence-corrected chi connectivity index (χ4v) is 3.90. The third-order valence-corrected chi connectivity index (χ3v) is 5.42. The molecule has 5 heteroatoms. The summed E-state index contributed by atoms with van der Waals surface area (Å²) in [4.78, 5) is 25.8. The Morgan fingerprint density at radius 1 is 1.35 bits per heavy atom. The molecule has 0 saturated heterocycles. The van der Waals surface area contributed by atoms with Crippen molar-refractivity contribution in [2.24, 2.45) is 11.1 Å². The van der Waals surface area contributed by atoms with Gasteiger partial charge < -0.3 is 15.4 Å². The highest BCUT2D eigenvalue weighted by molar-refractivity contribution is 5.94. The van der Waals surface area contributed by atoms with E-state index in [1.54, 1.807) is 6.92 Å². The van der Waals surface area contributed by atoms with Crippen molar-refractivity contribution in [3.8, 4) is 0 Å². The maximum Gasteiger partial charge on any atom is 0.315 e. The molecule has 0 saturated carbocycles. The number of fused-ring (bicyclic) bond motifs is 1. The number of allylic oxidation sites excluding steroid dienone is 3. The summed E-state index contributed by atoms with van der Waals surface area (Å²) in [5.41, 5.74) is 9.72. The van der Waals surface area contributed by atoms with Crippen molar-refractivity contribution in [1.82, 2.24) is 0 Å². The zero-order chi connectivity index (χ0) is 19.1. The van der Waals surface area contributed by atoms with Crippen LogP contribution in [0.15, 0.2) is 36.4 Å². The normalized spacial score (nSPS) is 27.6. The lowest BCUT2D eigenvalue weighted by atomic mass is 9.80. The van der Waals surface area contributed by atoms with E-state index in [4.69, 9.17) is 10.5 Å². The third-order valence-electron chi connectivity index (χ3n) is 5.42. The minimum atomic E-state index is -0.621. The van der Waals surface area contributed by atoms with Gasteiger partial charge in [-0.2, -0.15) is 0 Å². The molecule has 3 rings (SSSR count). The lowest BCUT2D eigenvalue weighted by Crippen LogP contribution is -2.43. The first kappa shape index (κ1) is 18.4. The molecule has 0 bridgehead atoms. The Morgan fingerprint density at radius 3 is 2.65 bits per heavy atom. The average molecular weight is 354 g/mol. The van der Waals surface area contributed by atoms with Gasteiger partial charge in [0, 0.05) is 24.7 Å². The van der Waals surface area contributed by atoms with Crippen LogP contribution < -0.4 is 10.6 Å². The fourth-order valence-electron chi connectivity index (χ4n) is 3.90. The molecule has 26 heavy (non-hydrogen) atoms. The number of nitrogens with zero attached hydrogens (tertiary/aromatic N) is 1. The molecule has 3 atom stereocenters. The molecule has 0 radical (unpaired) electrons. The molecule has 1 aliphatic heterocycles. The SMILES string of the molecule is COC(=O)C1(C)C=CC(c2ccc3c(c2)C(N)CC(C)N3C(C)=O)=CC1. The van der Waals surface area contributed by atoms with Crippen LogP contribution in [0.25, 0.3) is 5.57 Å². The smallest absolute Gasteiger partial charge is 0.315 e. The van der Waals surface area contributed by atoms with Crippen LogP contribution in [0, 0.1) is 5.41 Å². The van der Waals surface area contributed by atoms with E-state index in [9.17, 15) is 9.59 Å². The van der Waals surface area contributed by atoms with Crippen LogP contribution in [0.4, 0.5) is 5.69 Å². The highest BCUT2D eigenvalue weighted by Crippen LogP contribution is 2.39. The number of rotatable bonds is 2. The fraction of sp³-hybridized carbons (Fsp3) is 0.429. The van der Waals surface area contributed by atoms with Crippen LogP contribution in [0.2, 0.25) is 0 Å². The van der Waals surface area contributed by atoms with E-state index >= 15 is 0 Å². The first-order valence-corrected chi connectivity index (χ1v) is 8.94. The van der Waals surface area contributed by atoms with Crippen molar-refractivity contribution >= 4 is 23.1 Å². The number of methoxy groups -OCH3 is 1. The van der Waals surface area contributed by atoms with Crippen LogP contribution in [-0.2, 0) is 14.3 Å². The van der Waals surface area contributed by atoms with E-state index in [0.717, 1.165) is 28.8 Å². The molecule has 2 N–H and O–H groups in total. The number of hydrogen-bond donors (Lipinski definition) is 1. The van der Waals surface area contributed by atoms with Gasteiger partial charge in [0.2, 0.25) is 5.91 Å². The van der Waals surface area contributed by atoms with E-state index in [2.05, 4.69) is 12.1 Å². The molecule has 0 spiro atoms. The Labute approximate surface area is 154 Å². The van der Waals surface area contributed by atoms with E-state index in [0.29, 0.717) is 6.42 Å². The van der Waals surface area contributed by atoms with Gasteiger partial charge in [-0.25, -0.2) is 0 Å². The Morgan fingerprint density at radius 2 is 2.08 bits per heavy atom. The second-order valence-corrected chi connectivity index (χ2v) is 7.46. The Kier molecular flexibility index (Phi) is 4.76. The summed E-state index contributed by atoms with van der Waals surface area (Å²) in [5, 5.41) is 0. The van der Waals surface area contributed by atoms with Gasteiger partial charge >= 0.3 is 5.97 Å². The molecule has 1 amide bonds. The second-order valence-electron chi connectivity index (χ2n) is 7.46. The molecule has 5 nitrogen and oxygen atoms in total. The average Bonchev–Trinajstić information content (AvgIpc) is 2.61. The van der Waals surface area contributed by atoms with Gasteiger partial charge in [0.1, 0.15) is 0 Å². The van der Waals surface area contributed by atoms with E-state index in [-0.39, 0.29) is 24.0 Å². The first-order chi connectivity index (χ1) is 12.3. The summed E-state index contributed by atoms with van der Waals surface area (Å²) >= 11 is 0. The molecular formula is C21H26N2O3. The molecule has 0 fully saturated rings. The summed E-state index contributed by atoms with van der Waals surface area (Å²) < 4.78 is 4.89. The summed E-state index contributed by atoms with van der Waals surface area (Å²) in [6, 6.07) is 6.05. The highest BCUT2D eigenvalue weighted by atomic mass is 16.5. The van der Waals surface area contributed by atoms with Crippen molar-refractivity contribution in [3.05, 3.63) is 47.6 Å². The molecule has 3 unspecified atom stereocenters. The monoisotopic (exact) mass is 354 g/mol. The maximum absolute atomic E-state index is 12.0. The second kappa shape index (κ2) is 6.72. The summed E-state index contributed by atoms with van der Waals surface area (Å²) in [6.07, 6.45) is 7.24. The highest BCUT2D eigenvalue weighted by Gasteiger charge is 2.33. The molecule has 0 aromatic heterocycles. The number of amides is 1. The lowest BCUT2D eigenvalue weighted by molar-refractivity contribution is -0.148. The number of anilines is 1. The zero-order valence-electron chi connectivity index (χ0n) is 15.8. The topological polar surface area (TPSA) is 72.6 Å². The van der Waals surface area contributed by atoms with Crippen LogP contribution in [0.5, 0.6) is 0 Å². The lowest BCUT2D eigenvalue weighted by Gasteiger charge is -2.38. The minimum Gasteiger partial charge on any atom is -0.468 e. The van der Waals surface area contributed by atoms with Crippen LogP contribution >= 0.6 is 0 Å². The van der Waals surface area contributed by atoms with Crippen molar-refractivity contribution in [2.45, 2.75) is 45.7 Å². The van der Waals surface area contributed by atoms with Crippen LogP contribution in [0.1, 0.15) is 50.8 Å². The Hall–Kier alpha value is -2.40. The number of esters is 1. The van der Waals surface area contributed by atoms with E-state index < -0.39 is 5.41 Å². The van der Waals surface area contributed by atoms with Gasteiger partial charge in [-0.15, -0.1) is 0 Å². The van der Waals surface area contributed by atoms with Crippen molar-refractivity contribution in [3.63, 3.8) is 0 Å². The predicted molar refractivity (Wildman–Crippen MR) is 102 cm³/mol. The molecule has 2 aliphatic rings. The Bertz CT molecular complexity index is 811. The van der Waals surface area contributed by atoms with E-state index in [1.165, 1.54) is 7.11 Å². The minimum absolute atomic E-state index is 0.0315. The molecule has 1 heterocycles. The first-order valence-electron chi connectivity index (χ1n) is 8.94. The molecular weight excluding hydrogens is 328 g/mol. The summed E-state index contributed by atoms with van der Waals surface area (Å²) in [5.74, 6) is -0.202. The van der Waals surface area contributed by atoms with Crippen molar-refractivity contribution in [1.29, 1.82) is 0 Å². The van der Waals surface area contributed by atoms with Gasteiger partial charge in [-0.1, -0.05) is 24.3 Å². The summed E-state index contributed by atoms with van der Waals surface area (Å²) in [6.45, 7) is 5.49. The standard InChI is InChI=1S/C21H26N2O3/c1-13-11-18(22)17-12-16(5-6-19(17)23(13)14(2)24)15-7-9-21(3,10-8-15)20(25)26-4/h5-9,12-13,18H,10-11,22H2,1-4H3. The van der Waals surface area contributed by atoms with Crippen molar-refractivity contribution < 1.29 is 14.3 Å². The molecule has 1 aromatic carbocycles. The number of carbonyl (C=O) groups is 2. The maximum atomic E-state index is 12.0. The summed E-state index contributed by atoms with van der Waals surface area (Å²) in [7, 11) is 1.41. The number of hydrogen-bond acceptors (Lipinski definition) is 4. The van der Waals surface area contributed by atoms with E-state index in [1.807, 2.05) is 43.0 Å². The van der Waals surface area contributed by atoms with Gasteiger partial charge in [0.25, 0.3) is 0 Å². The Balaban J connectivity index is 1.93. The number of nitrogens with two attached hydrogens (primary N) is 1.